The predicted molar refractivity (Wildman–Crippen MR) is 78.6 cm³/mol. The fourth-order valence-corrected chi connectivity index (χ4v) is 2.28. The van der Waals surface area contributed by atoms with Gasteiger partial charge in [-0.1, -0.05) is 6.07 Å². The number of anilines is 1. The number of nitrogens with one attached hydrogen (secondary N) is 1. The van der Waals surface area contributed by atoms with Gasteiger partial charge in [0.05, 0.1) is 11.1 Å². The van der Waals surface area contributed by atoms with Crippen LogP contribution in [0.15, 0.2) is 18.2 Å². The zero-order valence-corrected chi connectivity index (χ0v) is 12.3. The molecule has 6 heteroatoms. The average molecular weight is 303 g/mol. The van der Waals surface area contributed by atoms with Crippen LogP contribution in [-0.2, 0) is 9.53 Å². The number of aryl methyl sites for hydroxylation is 1. The summed E-state index contributed by atoms with van der Waals surface area (Å²) in [6.45, 7) is 3.12. The lowest BCUT2D eigenvalue weighted by molar-refractivity contribution is -0.130. The van der Waals surface area contributed by atoms with Crippen LogP contribution in [0.25, 0.3) is 0 Å². The molecule has 112 valence electrons. The maximum Gasteiger partial charge on any atom is 0.232 e. The Morgan fingerprint density at radius 1 is 1.45 bits per heavy atom. The molecule has 0 bridgehead atoms. The minimum Gasteiger partial charge on any atom is -0.381 e. The van der Waals surface area contributed by atoms with Crippen LogP contribution in [0.4, 0.5) is 10.1 Å². The van der Waals surface area contributed by atoms with E-state index in [2.05, 4.69) is 5.32 Å². The Hall–Kier alpha value is -1.17. The van der Waals surface area contributed by atoms with Crippen LogP contribution in [0.2, 0.25) is 0 Å². The van der Waals surface area contributed by atoms with Crippen molar-refractivity contribution in [3.63, 3.8) is 0 Å². The maximum absolute atomic E-state index is 13.7. The van der Waals surface area contributed by atoms with Crippen LogP contribution in [0.5, 0.6) is 0 Å². The van der Waals surface area contributed by atoms with Gasteiger partial charge in [-0.15, -0.1) is 12.4 Å². The smallest absolute Gasteiger partial charge is 0.232 e. The highest BCUT2D eigenvalue weighted by Gasteiger charge is 2.39. The Kier molecular flexibility index (Phi) is 5.92. The number of rotatable bonds is 3. The summed E-state index contributed by atoms with van der Waals surface area (Å²) < 4.78 is 18.9. The van der Waals surface area contributed by atoms with E-state index in [-0.39, 0.29) is 30.5 Å². The fraction of sp³-hybridized carbons (Fsp3) is 0.500. The van der Waals surface area contributed by atoms with Gasteiger partial charge in [0.15, 0.2) is 0 Å². The third-order valence-corrected chi connectivity index (χ3v) is 3.69. The molecule has 0 aliphatic carbocycles. The van der Waals surface area contributed by atoms with E-state index in [0.29, 0.717) is 26.1 Å². The lowest BCUT2D eigenvalue weighted by Crippen LogP contribution is -2.46. The zero-order valence-electron chi connectivity index (χ0n) is 11.4. The van der Waals surface area contributed by atoms with Gasteiger partial charge in [0.1, 0.15) is 5.82 Å². The maximum atomic E-state index is 13.7. The molecule has 2 rings (SSSR count). The third-order valence-electron chi connectivity index (χ3n) is 3.69. The van der Waals surface area contributed by atoms with Crippen LogP contribution in [0, 0.1) is 18.2 Å². The van der Waals surface area contributed by atoms with Gasteiger partial charge in [0.25, 0.3) is 0 Å². The minimum atomic E-state index is -0.644. The predicted octanol–water partition coefficient (Wildman–Crippen LogP) is 2.25. The Bertz CT molecular complexity index is 476. The molecule has 1 heterocycles. The number of carbonyl (C=O) groups is 1. The molecule has 1 aliphatic heterocycles. The van der Waals surface area contributed by atoms with Crippen molar-refractivity contribution in [2.24, 2.45) is 11.1 Å². The van der Waals surface area contributed by atoms with Crippen molar-refractivity contribution in [2.45, 2.75) is 19.8 Å². The van der Waals surface area contributed by atoms with Crippen LogP contribution in [-0.4, -0.2) is 25.7 Å². The molecule has 1 aromatic rings. The summed E-state index contributed by atoms with van der Waals surface area (Å²) in [5.41, 5.74) is 6.21. The molecule has 1 amide bonds. The van der Waals surface area contributed by atoms with Crippen molar-refractivity contribution in [3.8, 4) is 0 Å². The van der Waals surface area contributed by atoms with E-state index in [1.165, 1.54) is 6.07 Å². The Morgan fingerprint density at radius 2 is 2.10 bits per heavy atom. The lowest BCUT2D eigenvalue weighted by atomic mass is 9.79. The number of benzene rings is 1. The first-order chi connectivity index (χ1) is 9.07. The molecule has 0 spiro atoms. The third kappa shape index (κ3) is 3.48. The van der Waals surface area contributed by atoms with Crippen molar-refractivity contribution in [2.75, 3.05) is 25.1 Å². The van der Waals surface area contributed by atoms with Crippen molar-refractivity contribution in [1.29, 1.82) is 0 Å². The molecule has 0 atom stereocenters. The molecule has 0 radical (unpaired) electrons. The van der Waals surface area contributed by atoms with Gasteiger partial charge in [-0.05, 0) is 37.5 Å². The Balaban J connectivity index is 0.00000200. The molecule has 3 N–H and O–H groups in total. The normalized spacial score (nSPS) is 17.1. The van der Waals surface area contributed by atoms with Gasteiger partial charge in [0.2, 0.25) is 5.91 Å². The standard InChI is InChI=1S/C14H19FN2O2.ClH/c1-10-2-3-11(15)12(8-10)17-13(18)14(9-16)4-6-19-7-5-14;/h2-3,8H,4-7,9,16H2,1H3,(H,17,18);1H. The van der Waals surface area contributed by atoms with E-state index in [9.17, 15) is 9.18 Å². The SMILES string of the molecule is Cc1ccc(F)c(NC(=O)C2(CN)CCOCC2)c1.Cl. The summed E-state index contributed by atoms with van der Waals surface area (Å²) in [6.07, 6.45) is 1.14. The molecule has 20 heavy (non-hydrogen) atoms. The first kappa shape index (κ1) is 16.9. The molecular weight excluding hydrogens is 283 g/mol. The molecule has 0 saturated carbocycles. The lowest BCUT2D eigenvalue weighted by Gasteiger charge is -2.34. The first-order valence-corrected chi connectivity index (χ1v) is 6.43. The van der Waals surface area contributed by atoms with Crippen molar-refractivity contribution in [1.82, 2.24) is 0 Å². The summed E-state index contributed by atoms with van der Waals surface area (Å²) in [6, 6.07) is 4.64. The first-order valence-electron chi connectivity index (χ1n) is 6.43. The van der Waals surface area contributed by atoms with E-state index < -0.39 is 11.2 Å². The molecule has 4 nitrogen and oxygen atoms in total. The molecule has 0 unspecified atom stereocenters. The highest BCUT2D eigenvalue weighted by Crippen LogP contribution is 2.31. The number of hydrogen-bond donors (Lipinski definition) is 2. The largest absolute Gasteiger partial charge is 0.381 e. The number of amides is 1. The second-order valence-corrected chi connectivity index (χ2v) is 5.03. The van der Waals surface area contributed by atoms with Gasteiger partial charge in [-0.2, -0.15) is 0 Å². The highest BCUT2D eigenvalue weighted by atomic mass is 35.5. The van der Waals surface area contributed by atoms with Crippen molar-refractivity contribution in [3.05, 3.63) is 29.6 Å². The summed E-state index contributed by atoms with van der Waals surface area (Å²) in [4.78, 5) is 12.4. The van der Waals surface area contributed by atoms with E-state index in [1.54, 1.807) is 12.1 Å². The van der Waals surface area contributed by atoms with Crippen LogP contribution < -0.4 is 11.1 Å². The second-order valence-electron chi connectivity index (χ2n) is 5.03. The molecule has 1 aliphatic rings. The summed E-state index contributed by atoms with van der Waals surface area (Å²) >= 11 is 0. The highest BCUT2D eigenvalue weighted by molar-refractivity contribution is 5.95. The topological polar surface area (TPSA) is 64.4 Å². The van der Waals surface area contributed by atoms with Gasteiger partial charge in [-0.3, -0.25) is 4.79 Å². The quantitative estimate of drug-likeness (QED) is 0.900. The van der Waals surface area contributed by atoms with E-state index >= 15 is 0 Å². The molecule has 1 fully saturated rings. The van der Waals surface area contributed by atoms with E-state index in [1.807, 2.05) is 6.92 Å². The number of nitrogens with two attached hydrogens (primary N) is 1. The fourth-order valence-electron chi connectivity index (χ4n) is 2.28. The number of halogens is 2. The molecule has 0 aromatic heterocycles. The Labute approximate surface area is 124 Å². The molecular formula is C14H20ClFN2O2. The van der Waals surface area contributed by atoms with Gasteiger partial charge < -0.3 is 15.8 Å². The average Bonchev–Trinajstić information content (AvgIpc) is 2.43. The van der Waals surface area contributed by atoms with Crippen LogP contribution in [0.1, 0.15) is 18.4 Å². The Morgan fingerprint density at radius 3 is 2.70 bits per heavy atom. The summed E-state index contributed by atoms with van der Waals surface area (Å²) in [5, 5.41) is 2.66. The monoisotopic (exact) mass is 302 g/mol. The van der Waals surface area contributed by atoms with Crippen LogP contribution >= 0.6 is 12.4 Å². The summed E-state index contributed by atoms with van der Waals surface area (Å²) in [7, 11) is 0. The van der Waals surface area contributed by atoms with Gasteiger partial charge in [0, 0.05) is 19.8 Å². The van der Waals surface area contributed by atoms with E-state index in [0.717, 1.165) is 5.56 Å². The zero-order chi connectivity index (χ0) is 13.9. The number of hydrogen-bond acceptors (Lipinski definition) is 3. The minimum absolute atomic E-state index is 0. The number of carbonyl (C=O) groups excluding carboxylic acids is 1. The summed E-state index contributed by atoms with van der Waals surface area (Å²) in [5.74, 6) is -0.652. The van der Waals surface area contributed by atoms with Crippen molar-refractivity contribution >= 4 is 24.0 Å². The second kappa shape index (κ2) is 7.02. The molecule has 1 saturated heterocycles. The van der Waals surface area contributed by atoms with Gasteiger partial charge >= 0.3 is 0 Å². The molecule has 1 aromatic carbocycles. The van der Waals surface area contributed by atoms with E-state index in [4.69, 9.17) is 10.5 Å². The van der Waals surface area contributed by atoms with Crippen molar-refractivity contribution < 1.29 is 13.9 Å². The number of ether oxygens (including phenoxy) is 1. The van der Waals surface area contributed by atoms with Crippen LogP contribution in [0.3, 0.4) is 0 Å². The van der Waals surface area contributed by atoms with Gasteiger partial charge in [-0.25, -0.2) is 4.39 Å².